The van der Waals surface area contributed by atoms with E-state index in [1.54, 1.807) is 0 Å². The highest BCUT2D eigenvalue weighted by atomic mass is 16.7. The third kappa shape index (κ3) is 3.63. The zero-order valence-corrected chi connectivity index (χ0v) is 14.0. The Hall–Kier alpha value is -1.43. The van der Waals surface area contributed by atoms with Gasteiger partial charge in [0.15, 0.2) is 6.29 Å². The van der Waals surface area contributed by atoms with E-state index in [1.165, 1.54) is 0 Å². The van der Waals surface area contributed by atoms with Crippen LogP contribution in [0.15, 0.2) is 30.3 Å². The van der Waals surface area contributed by atoms with E-state index in [1.807, 2.05) is 18.2 Å². The molecule has 5 nitrogen and oxygen atoms in total. The monoisotopic (exact) mass is 330 g/mol. The van der Waals surface area contributed by atoms with Crippen LogP contribution in [0.25, 0.3) is 0 Å². The Morgan fingerprint density at radius 1 is 1.12 bits per heavy atom. The minimum atomic E-state index is -0.212. The van der Waals surface area contributed by atoms with Gasteiger partial charge in [0.25, 0.3) is 0 Å². The number of benzene rings is 1. The zero-order chi connectivity index (χ0) is 16.4. The first-order valence-corrected chi connectivity index (χ1v) is 9.14. The van der Waals surface area contributed by atoms with Crippen molar-refractivity contribution in [2.75, 3.05) is 26.3 Å². The fourth-order valence-corrected chi connectivity index (χ4v) is 3.82. The van der Waals surface area contributed by atoms with E-state index in [4.69, 9.17) is 9.47 Å². The third-order valence-electron chi connectivity index (χ3n) is 5.17. The molecule has 2 atom stereocenters. The number of piperidine rings is 1. The molecule has 0 radical (unpaired) electrons. The molecule has 2 aliphatic heterocycles. The predicted octanol–water partition coefficient (Wildman–Crippen LogP) is 2.09. The van der Waals surface area contributed by atoms with Crippen molar-refractivity contribution in [3.05, 3.63) is 35.9 Å². The summed E-state index contributed by atoms with van der Waals surface area (Å²) in [5, 5.41) is 3.19. The van der Waals surface area contributed by atoms with Crippen LogP contribution in [0.3, 0.4) is 0 Å². The molecule has 0 aromatic heterocycles. The normalized spacial score (nSPS) is 27.1. The van der Waals surface area contributed by atoms with Gasteiger partial charge in [0.1, 0.15) is 6.04 Å². The third-order valence-corrected chi connectivity index (χ3v) is 5.17. The van der Waals surface area contributed by atoms with Crippen LogP contribution in [-0.2, 0) is 14.3 Å². The van der Waals surface area contributed by atoms with Crippen molar-refractivity contribution in [1.82, 2.24) is 10.2 Å². The Balaban J connectivity index is 1.51. The largest absolute Gasteiger partial charge is 0.352 e. The Bertz CT molecular complexity index is 555. The number of amides is 1. The summed E-state index contributed by atoms with van der Waals surface area (Å²) in [4.78, 5) is 15.2. The quantitative estimate of drug-likeness (QED) is 0.898. The Morgan fingerprint density at radius 3 is 2.58 bits per heavy atom. The maximum Gasteiger partial charge on any atom is 0.242 e. The molecule has 3 fully saturated rings. The lowest BCUT2D eigenvalue weighted by atomic mass is 9.94. The van der Waals surface area contributed by atoms with Crippen molar-refractivity contribution in [2.24, 2.45) is 5.92 Å². The highest BCUT2D eigenvalue weighted by molar-refractivity contribution is 5.83. The molecule has 1 amide bonds. The second-order valence-electron chi connectivity index (χ2n) is 7.10. The van der Waals surface area contributed by atoms with Gasteiger partial charge >= 0.3 is 0 Å². The smallest absolute Gasteiger partial charge is 0.242 e. The molecule has 0 bridgehead atoms. The van der Waals surface area contributed by atoms with Gasteiger partial charge in [-0.15, -0.1) is 0 Å². The summed E-state index contributed by atoms with van der Waals surface area (Å²) in [7, 11) is 0. The highest BCUT2D eigenvalue weighted by Gasteiger charge is 2.37. The first-order valence-electron chi connectivity index (χ1n) is 9.14. The fourth-order valence-electron chi connectivity index (χ4n) is 3.82. The molecular formula is C19H26N2O3. The van der Waals surface area contributed by atoms with Crippen LogP contribution >= 0.6 is 0 Å². The zero-order valence-electron chi connectivity index (χ0n) is 14.0. The maximum atomic E-state index is 12.9. The molecule has 130 valence electrons. The first-order chi connectivity index (χ1) is 11.8. The van der Waals surface area contributed by atoms with Crippen molar-refractivity contribution in [3.8, 4) is 0 Å². The molecule has 3 aliphatic rings. The molecule has 1 aromatic carbocycles. The molecule has 1 aromatic rings. The van der Waals surface area contributed by atoms with Crippen LogP contribution in [0.1, 0.15) is 37.3 Å². The van der Waals surface area contributed by atoms with Crippen molar-refractivity contribution in [2.45, 2.75) is 44.1 Å². The van der Waals surface area contributed by atoms with Crippen LogP contribution in [0, 0.1) is 5.92 Å². The van der Waals surface area contributed by atoms with Crippen molar-refractivity contribution >= 4 is 5.91 Å². The topological polar surface area (TPSA) is 50.8 Å². The van der Waals surface area contributed by atoms with E-state index >= 15 is 0 Å². The molecule has 5 heteroatoms. The second kappa shape index (κ2) is 7.21. The van der Waals surface area contributed by atoms with Gasteiger partial charge in [-0.1, -0.05) is 30.3 Å². The summed E-state index contributed by atoms with van der Waals surface area (Å²) >= 11 is 0. The number of likely N-dealkylation sites (tertiary alicyclic amines) is 1. The summed E-state index contributed by atoms with van der Waals surface area (Å²) in [5.74, 6) is 0.485. The Labute approximate surface area is 143 Å². The van der Waals surface area contributed by atoms with Gasteiger partial charge in [-0.2, -0.15) is 0 Å². The Morgan fingerprint density at radius 2 is 1.88 bits per heavy atom. The molecule has 1 N–H and O–H groups in total. The first kappa shape index (κ1) is 16.1. The lowest BCUT2D eigenvalue weighted by Gasteiger charge is -2.39. The standard InChI is InChI=1S/C19H26N2O3/c22-18(20-16-8-9-16)17(14-5-2-1-3-6-14)21-10-4-7-15(13-21)19-23-11-12-24-19/h1-3,5-6,15-17,19H,4,7-13H2,(H,20,22)/t15-,17+/m1/s1. The molecule has 24 heavy (non-hydrogen) atoms. The summed E-state index contributed by atoms with van der Waals surface area (Å²) in [6, 6.07) is 10.3. The highest BCUT2D eigenvalue weighted by Crippen LogP contribution is 2.31. The molecule has 0 unspecified atom stereocenters. The second-order valence-corrected chi connectivity index (χ2v) is 7.10. The lowest BCUT2D eigenvalue weighted by molar-refractivity contribution is -0.132. The molecule has 2 saturated heterocycles. The molecule has 4 rings (SSSR count). The van der Waals surface area contributed by atoms with Gasteiger partial charge in [-0.25, -0.2) is 0 Å². The lowest BCUT2D eigenvalue weighted by Crippen LogP contribution is -2.47. The average molecular weight is 330 g/mol. The van der Waals surface area contributed by atoms with Gasteiger partial charge < -0.3 is 14.8 Å². The van der Waals surface area contributed by atoms with Gasteiger partial charge in [0.2, 0.25) is 5.91 Å². The number of carbonyl (C=O) groups is 1. The number of nitrogens with one attached hydrogen (secondary N) is 1. The van der Waals surface area contributed by atoms with Crippen molar-refractivity contribution in [3.63, 3.8) is 0 Å². The Kier molecular flexibility index (Phi) is 4.83. The summed E-state index contributed by atoms with van der Waals surface area (Å²) in [6.07, 6.45) is 4.30. The van der Waals surface area contributed by atoms with Crippen molar-refractivity contribution < 1.29 is 14.3 Å². The fraction of sp³-hybridized carbons (Fsp3) is 0.632. The molecule has 2 heterocycles. The molecular weight excluding hydrogens is 304 g/mol. The van der Waals surface area contributed by atoms with Crippen molar-refractivity contribution in [1.29, 1.82) is 0 Å². The van der Waals surface area contributed by atoms with E-state index in [-0.39, 0.29) is 18.2 Å². The van der Waals surface area contributed by atoms with E-state index in [0.717, 1.165) is 44.3 Å². The number of hydrogen-bond acceptors (Lipinski definition) is 4. The van der Waals surface area contributed by atoms with E-state index in [9.17, 15) is 4.79 Å². The van der Waals surface area contributed by atoms with Gasteiger partial charge in [-0.3, -0.25) is 9.69 Å². The van der Waals surface area contributed by atoms with E-state index < -0.39 is 0 Å². The molecule has 1 aliphatic carbocycles. The van der Waals surface area contributed by atoms with Gasteiger partial charge in [0, 0.05) is 18.5 Å². The minimum Gasteiger partial charge on any atom is -0.352 e. The van der Waals surface area contributed by atoms with Crippen LogP contribution in [0.5, 0.6) is 0 Å². The van der Waals surface area contributed by atoms with Crippen LogP contribution in [0.4, 0.5) is 0 Å². The number of rotatable bonds is 5. The van der Waals surface area contributed by atoms with Crippen LogP contribution in [-0.4, -0.2) is 49.4 Å². The number of nitrogens with zero attached hydrogens (tertiary/aromatic N) is 1. The number of ether oxygens (including phenoxy) is 2. The SMILES string of the molecule is O=C(NC1CC1)[C@H](c1ccccc1)N1CCC[C@@H](C2OCCO2)C1. The maximum absolute atomic E-state index is 12.9. The molecule has 1 saturated carbocycles. The van der Waals surface area contributed by atoms with E-state index in [2.05, 4.69) is 22.3 Å². The van der Waals surface area contributed by atoms with Crippen LogP contribution < -0.4 is 5.32 Å². The van der Waals surface area contributed by atoms with Gasteiger partial charge in [-0.05, 0) is 37.8 Å². The predicted molar refractivity (Wildman–Crippen MR) is 90.3 cm³/mol. The summed E-state index contributed by atoms with van der Waals surface area (Å²) in [5.41, 5.74) is 1.07. The van der Waals surface area contributed by atoms with E-state index in [0.29, 0.717) is 25.2 Å². The summed E-state index contributed by atoms with van der Waals surface area (Å²) in [6.45, 7) is 3.17. The molecule has 0 spiro atoms. The average Bonchev–Trinajstić information content (AvgIpc) is 3.25. The van der Waals surface area contributed by atoms with Crippen LogP contribution in [0.2, 0.25) is 0 Å². The summed E-state index contributed by atoms with van der Waals surface area (Å²) < 4.78 is 11.4. The minimum absolute atomic E-state index is 0.101. The number of carbonyl (C=O) groups excluding carboxylic acids is 1. The van der Waals surface area contributed by atoms with Gasteiger partial charge in [0.05, 0.1) is 13.2 Å². The number of hydrogen-bond donors (Lipinski definition) is 1.